The van der Waals surface area contributed by atoms with E-state index in [-0.39, 0.29) is 28.9 Å². The Morgan fingerprint density at radius 2 is 1.77 bits per heavy atom. The minimum absolute atomic E-state index is 0.0457. The fourth-order valence-electron chi connectivity index (χ4n) is 2.32. The third-order valence-corrected chi connectivity index (χ3v) is 5.49. The van der Waals surface area contributed by atoms with Crippen molar-refractivity contribution in [2.24, 2.45) is 5.92 Å². The van der Waals surface area contributed by atoms with E-state index in [4.69, 9.17) is 4.42 Å². The molecule has 1 heterocycles. The van der Waals surface area contributed by atoms with Crippen LogP contribution in [0.3, 0.4) is 0 Å². The van der Waals surface area contributed by atoms with Crippen LogP contribution in [-0.2, 0) is 14.6 Å². The number of carbonyl (C=O) groups is 2. The zero-order valence-electron chi connectivity index (χ0n) is 14.6. The van der Waals surface area contributed by atoms with Gasteiger partial charge in [-0.3, -0.25) is 9.59 Å². The zero-order chi connectivity index (χ0) is 19.2. The van der Waals surface area contributed by atoms with E-state index in [9.17, 15) is 18.0 Å². The summed E-state index contributed by atoms with van der Waals surface area (Å²) in [6.07, 6.45) is 1.37. The van der Waals surface area contributed by atoms with Gasteiger partial charge in [-0.2, -0.15) is 0 Å². The van der Waals surface area contributed by atoms with Gasteiger partial charge in [0.05, 0.1) is 16.9 Å². The second-order valence-electron chi connectivity index (χ2n) is 6.10. The lowest BCUT2D eigenvalue weighted by atomic mass is 10.0. The molecule has 2 aromatic rings. The second-order valence-corrected chi connectivity index (χ2v) is 8.20. The molecular weight excluding hydrogens is 356 g/mol. The molecule has 140 valence electrons. The molecule has 1 atom stereocenters. The van der Waals surface area contributed by atoms with Gasteiger partial charge in [-0.15, -0.1) is 0 Å². The van der Waals surface area contributed by atoms with Crippen molar-refractivity contribution in [3.8, 4) is 0 Å². The maximum absolute atomic E-state index is 12.4. The van der Waals surface area contributed by atoms with Crippen LogP contribution in [0, 0.1) is 5.92 Å². The van der Waals surface area contributed by atoms with E-state index in [1.54, 1.807) is 38.1 Å². The monoisotopic (exact) mass is 378 g/mol. The summed E-state index contributed by atoms with van der Waals surface area (Å²) in [5, 5.41) is 5.18. The van der Waals surface area contributed by atoms with Gasteiger partial charge in [0, 0.05) is 6.54 Å². The lowest BCUT2D eigenvalue weighted by molar-refractivity contribution is -0.123. The maximum atomic E-state index is 12.4. The van der Waals surface area contributed by atoms with Gasteiger partial charge in [-0.05, 0) is 30.2 Å². The van der Waals surface area contributed by atoms with Gasteiger partial charge in [0.2, 0.25) is 5.91 Å². The largest absolute Gasteiger partial charge is 0.459 e. The van der Waals surface area contributed by atoms with E-state index in [0.29, 0.717) is 0 Å². The van der Waals surface area contributed by atoms with Gasteiger partial charge in [-0.25, -0.2) is 8.42 Å². The third kappa shape index (κ3) is 5.19. The molecule has 0 radical (unpaired) electrons. The van der Waals surface area contributed by atoms with Crippen LogP contribution in [0.25, 0.3) is 0 Å². The highest BCUT2D eigenvalue weighted by Crippen LogP contribution is 2.10. The van der Waals surface area contributed by atoms with Gasteiger partial charge >= 0.3 is 0 Å². The fraction of sp³-hybridized carbons (Fsp3) is 0.333. The standard InChI is InChI=1S/C18H22N2O5S/c1-13(2)16(20-17(21)15-9-6-11-25-15)18(22)19-10-12-26(23,24)14-7-4-3-5-8-14/h3-9,11,13,16H,10,12H2,1-2H3,(H,19,22)(H,20,21). The number of rotatable bonds is 8. The first-order valence-electron chi connectivity index (χ1n) is 8.21. The Kier molecular flexibility index (Phi) is 6.57. The lowest BCUT2D eigenvalue weighted by Crippen LogP contribution is -2.50. The Morgan fingerprint density at radius 3 is 2.35 bits per heavy atom. The SMILES string of the molecule is CC(C)C(NC(=O)c1ccco1)C(=O)NCCS(=O)(=O)c1ccccc1. The van der Waals surface area contributed by atoms with Gasteiger partial charge in [-0.1, -0.05) is 32.0 Å². The summed E-state index contributed by atoms with van der Waals surface area (Å²) in [6, 6.07) is 10.3. The Hall–Kier alpha value is -2.61. The Morgan fingerprint density at radius 1 is 1.08 bits per heavy atom. The first-order chi connectivity index (χ1) is 12.3. The van der Waals surface area contributed by atoms with Crippen LogP contribution < -0.4 is 10.6 Å². The molecule has 26 heavy (non-hydrogen) atoms. The molecule has 0 aliphatic heterocycles. The van der Waals surface area contributed by atoms with Crippen molar-refractivity contribution in [2.45, 2.75) is 24.8 Å². The van der Waals surface area contributed by atoms with Gasteiger partial charge < -0.3 is 15.1 Å². The summed E-state index contributed by atoms with van der Waals surface area (Å²) in [5.41, 5.74) is 0. The molecular formula is C18H22N2O5S. The molecule has 0 saturated carbocycles. The molecule has 1 aromatic carbocycles. The van der Waals surface area contributed by atoms with Gasteiger partial charge in [0.25, 0.3) is 5.91 Å². The fourth-order valence-corrected chi connectivity index (χ4v) is 3.50. The maximum Gasteiger partial charge on any atom is 0.287 e. The molecule has 2 amide bonds. The van der Waals surface area contributed by atoms with Crippen LogP contribution in [0.15, 0.2) is 58.0 Å². The molecule has 0 aliphatic rings. The molecule has 7 nitrogen and oxygen atoms in total. The molecule has 2 N–H and O–H groups in total. The van der Waals surface area contributed by atoms with Crippen molar-refractivity contribution in [1.29, 1.82) is 0 Å². The topological polar surface area (TPSA) is 105 Å². The number of furan rings is 1. The van der Waals surface area contributed by atoms with Crippen LogP contribution in [0.2, 0.25) is 0 Å². The van der Waals surface area contributed by atoms with Crippen molar-refractivity contribution in [3.05, 3.63) is 54.5 Å². The molecule has 1 unspecified atom stereocenters. The van der Waals surface area contributed by atoms with Crippen LogP contribution in [0.4, 0.5) is 0 Å². The summed E-state index contributed by atoms with van der Waals surface area (Å²) in [6.45, 7) is 3.52. The van der Waals surface area contributed by atoms with E-state index in [2.05, 4.69) is 10.6 Å². The summed E-state index contributed by atoms with van der Waals surface area (Å²) in [7, 11) is -3.48. The van der Waals surface area contributed by atoms with Crippen LogP contribution >= 0.6 is 0 Å². The predicted octanol–water partition coefficient (Wildman–Crippen LogP) is 1.62. The molecule has 0 bridgehead atoms. The average Bonchev–Trinajstić information content (AvgIpc) is 3.14. The summed E-state index contributed by atoms with van der Waals surface area (Å²) < 4.78 is 29.4. The molecule has 0 fully saturated rings. The number of hydrogen-bond donors (Lipinski definition) is 2. The summed E-state index contributed by atoms with van der Waals surface area (Å²) >= 11 is 0. The van der Waals surface area contributed by atoms with Gasteiger partial charge in [0.15, 0.2) is 15.6 Å². The van der Waals surface area contributed by atoms with E-state index < -0.39 is 27.7 Å². The first kappa shape index (κ1) is 19.7. The summed E-state index contributed by atoms with van der Waals surface area (Å²) in [5.74, 6) is -1.24. The molecule has 0 saturated heterocycles. The van der Waals surface area contributed by atoms with Crippen LogP contribution in [0.5, 0.6) is 0 Å². The Balaban J connectivity index is 1.92. The average molecular weight is 378 g/mol. The zero-order valence-corrected chi connectivity index (χ0v) is 15.5. The number of sulfone groups is 1. The first-order valence-corrected chi connectivity index (χ1v) is 9.86. The number of nitrogens with one attached hydrogen (secondary N) is 2. The minimum Gasteiger partial charge on any atom is -0.459 e. The van der Waals surface area contributed by atoms with Crippen molar-refractivity contribution in [2.75, 3.05) is 12.3 Å². The van der Waals surface area contributed by atoms with Crippen molar-refractivity contribution in [3.63, 3.8) is 0 Å². The predicted molar refractivity (Wildman–Crippen MR) is 96.3 cm³/mol. The van der Waals surface area contributed by atoms with E-state index in [1.165, 1.54) is 24.5 Å². The highest BCUT2D eigenvalue weighted by Gasteiger charge is 2.25. The number of hydrogen-bond acceptors (Lipinski definition) is 5. The quantitative estimate of drug-likeness (QED) is 0.726. The normalized spacial score (nSPS) is 12.6. The Labute approximate surface area is 152 Å². The lowest BCUT2D eigenvalue weighted by Gasteiger charge is -2.21. The van der Waals surface area contributed by atoms with Crippen LogP contribution in [0.1, 0.15) is 24.4 Å². The third-order valence-electron chi connectivity index (χ3n) is 3.75. The molecule has 0 spiro atoms. The smallest absolute Gasteiger partial charge is 0.287 e. The summed E-state index contributed by atoms with van der Waals surface area (Å²) in [4.78, 5) is 24.6. The number of carbonyl (C=O) groups excluding carboxylic acids is 2. The van der Waals surface area contributed by atoms with E-state index in [0.717, 1.165) is 0 Å². The molecule has 1 aromatic heterocycles. The van der Waals surface area contributed by atoms with Crippen LogP contribution in [-0.4, -0.2) is 38.6 Å². The van der Waals surface area contributed by atoms with E-state index >= 15 is 0 Å². The van der Waals surface area contributed by atoms with Crippen molar-refractivity contribution in [1.82, 2.24) is 10.6 Å². The number of benzene rings is 1. The van der Waals surface area contributed by atoms with Gasteiger partial charge in [0.1, 0.15) is 6.04 Å². The van der Waals surface area contributed by atoms with Crippen molar-refractivity contribution >= 4 is 21.7 Å². The van der Waals surface area contributed by atoms with Crippen molar-refractivity contribution < 1.29 is 22.4 Å². The highest BCUT2D eigenvalue weighted by atomic mass is 32.2. The molecule has 2 rings (SSSR count). The highest BCUT2D eigenvalue weighted by molar-refractivity contribution is 7.91. The second kappa shape index (κ2) is 8.66. The Bertz CT molecular complexity index is 830. The van der Waals surface area contributed by atoms with E-state index in [1.807, 2.05) is 0 Å². The molecule has 8 heteroatoms. The number of amides is 2. The molecule has 0 aliphatic carbocycles. The minimum atomic E-state index is -3.48.